The number of thiophene rings is 1. The Morgan fingerprint density at radius 2 is 2.26 bits per heavy atom. The number of aryl methyl sites for hydroxylation is 1. The number of nitrogens with one attached hydrogen (secondary N) is 1. The van der Waals surface area contributed by atoms with E-state index in [1.54, 1.807) is 0 Å². The Balaban J connectivity index is 1.40. The summed E-state index contributed by atoms with van der Waals surface area (Å²) in [5.41, 5.74) is 6.72. The Labute approximate surface area is 194 Å². The van der Waals surface area contributed by atoms with Gasteiger partial charge in [0.15, 0.2) is 4.34 Å². The van der Waals surface area contributed by atoms with Gasteiger partial charge < -0.3 is 16.2 Å². The van der Waals surface area contributed by atoms with E-state index in [1.165, 1.54) is 51.1 Å². The molecule has 0 aromatic carbocycles. The Bertz CT molecular complexity index is 1040. The molecule has 0 bridgehead atoms. The molecule has 31 heavy (non-hydrogen) atoms. The number of amides is 2. The molecule has 0 aliphatic carbocycles. The fraction of sp³-hybridized carbons (Fsp3) is 0.389. The minimum Gasteiger partial charge on any atom is -0.477 e. The number of carboxylic acid groups (broad SMARTS) is 1. The summed E-state index contributed by atoms with van der Waals surface area (Å²) in [6.45, 7) is 1.85. The number of thioether (sulfide) groups is 2. The van der Waals surface area contributed by atoms with Crippen molar-refractivity contribution in [2.45, 2.75) is 35.1 Å². The largest absolute Gasteiger partial charge is 0.477 e. The molecule has 2 aliphatic heterocycles. The van der Waals surface area contributed by atoms with Crippen molar-refractivity contribution in [2.24, 2.45) is 5.73 Å². The number of nitrogens with two attached hydrogens (primary N) is 1. The highest BCUT2D eigenvalue weighted by Gasteiger charge is 2.54. The van der Waals surface area contributed by atoms with Gasteiger partial charge in [0.25, 0.3) is 5.91 Å². The van der Waals surface area contributed by atoms with Crippen molar-refractivity contribution in [3.8, 4) is 0 Å². The van der Waals surface area contributed by atoms with E-state index in [0.717, 1.165) is 14.2 Å². The summed E-state index contributed by atoms with van der Waals surface area (Å²) in [5.74, 6) is -1.02. The van der Waals surface area contributed by atoms with Gasteiger partial charge in [-0.25, -0.2) is 4.79 Å². The van der Waals surface area contributed by atoms with Crippen LogP contribution in [0.15, 0.2) is 33.1 Å². The summed E-state index contributed by atoms with van der Waals surface area (Å²) < 4.78 is 0.754. The standard InChI is InChI=1S/C18H19N5O4S4/c1-8-21-22-18(31-8)30-7-9-6-29-16-13(15(25)23(16)14(9)17(26)27)20-12(24)5-10(19)11-3-2-4-28-11/h2-4,10,13,16H,5-7,19H2,1H3,(H,20,24)(H,26,27)/t10?,13?,16-/m0/s1. The number of rotatable bonds is 8. The van der Waals surface area contributed by atoms with Crippen molar-refractivity contribution in [2.75, 3.05) is 11.5 Å². The monoisotopic (exact) mass is 497 g/mol. The maximum Gasteiger partial charge on any atom is 0.352 e. The van der Waals surface area contributed by atoms with Crippen molar-refractivity contribution >= 4 is 64.0 Å². The SMILES string of the molecule is Cc1nnc(SCC2=C(C(=O)O)N3C(=O)C(NC(=O)CC(N)c4cccs4)[C@@H]3SC2)s1. The lowest BCUT2D eigenvalue weighted by molar-refractivity contribution is -0.150. The van der Waals surface area contributed by atoms with E-state index in [-0.39, 0.29) is 18.0 Å². The molecule has 4 rings (SSSR count). The first-order chi connectivity index (χ1) is 14.8. The highest BCUT2D eigenvalue weighted by Crippen LogP contribution is 2.41. The molecule has 2 aromatic rings. The summed E-state index contributed by atoms with van der Waals surface area (Å²) >= 11 is 5.76. The molecule has 2 aromatic heterocycles. The predicted molar refractivity (Wildman–Crippen MR) is 121 cm³/mol. The third-order valence-corrected chi connectivity index (χ3v) is 9.16. The van der Waals surface area contributed by atoms with Crippen molar-refractivity contribution in [3.63, 3.8) is 0 Å². The van der Waals surface area contributed by atoms with E-state index in [4.69, 9.17) is 5.73 Å². The average Bonchev–Trinajstić information content (AvgIpc) is 3.41. The number of fused-ring (bicyclic) bond motifs is 1. The third kappa shape index (κ3) is 4.65. The Kier molecular flexibility index (Phi) is 6.67. The van der Waals surface area contributed by atoms with Gasteiger partial charge in [-0.1, -0.05) is 29.2 Å². The summed E-state index contributed by atoms with van der Waals surface area (Å²) in [5, 5.41) is 22.8. The second-order valence-electron chi connectivity index (χ2n) is 6.91. The molecule has 13 heteroatoms. The molecular formula is C18H19N5O4S4. The lowest BCUT2D eigenvalue weighted by Crippen LogP contribution is -2.70. The third-order valence-electron chi connectivity index (χ3n) is 4.76. The van der Waals surface area contributed by atoms with Gasteiger partial charge >= 0.3 is 5.97 Å². The lowest BCUT2D eigenvalue weighted by atomic mass is 10.0. The zero-order valence-corrected chi connectivity index (χ0v) is 19.6. The molecule has 9 nitrogen and oxygen atoms in total. The normalized spacial score (nSPS) is 21.5. The molecule has 0 spiro atoms. The van der Waals surface area contributed by atoms with Crippen LogP contribution in [0.5, 0.6) is 0 Å². The van der Waals surface area contributed by atoms with Gasteiger partial charge in [-0.15, -0.1) is 33.3 Å². The Morgan fingerprint density at radius 3 is 2.90 bits per heavy atom. The molecule has 0 saturated carbocycles. The topological polar surface area (TPSA) is 139 Å². The van der Waals surface area contributed by atoms with Crippen molar-refractivity contribution in [1.29, 1.82) is 0 Å². The molecule has 2 aliphatic rings. The lowest BCUT2D eigenvalue weighted by Gasteiger charge is -2.49. The van der Waals surface area contributed by atoms with Gasteiger partial charge in [0.05, 0.1) is 0 Å². The van der Waals surface area contributed by atoms with Gasteiger partial charge in [0, 0.05) is 28.8 Å². The van der Waals surface area contributed by atoms with E-state index in [1.807, 2.05) is 24.4 Å². The number of hydrogen-bond acceptors (Lipinski definition) is 10. The van der Waals surface area contributed by atoms with E-state index in [9.17, 15) is 19.5 Å². The number of carbonyl (C=O) groups excluding carboxylic acids is 2. The number of carbonyl (C=O) groups is 3. The van der Waals surface area contributed by atoms with Crippen LogP contribution in [0, 0.1) is 6.92 Å². The summed E-state index contributed by atoms with van der Waals surface area (Å²) in [4.78, 5) is 39.2. The van der Waals surface area contributed by atoms with E-state index < -0.39 is 29.3 Å². The molecular weight excluding hydrogens is 478 g/mol. The molecule has 4 heterocycles. The maximum absolute atomic E-state index is 12.7. The average molecular weight is 498 g/mol. The molecule has 4 N–H and O–H groups in total. The Hall–Kier alpha value is -1.93. The van der Waals surface area contributed by atoms with E-state index in [2.05, 4.69) is 15.5 Å². The fourth-order valence-electron chi connectivity index (χ4n) is 3.31. The number of β-lactam (4-membered cyclic amide) rings is 1. The fourth-order valence-corrected chi connectivity index (χ4v) is 7.34. The van der Waals surface area contributed by atoms with Crippen LogP contribution < -0.4 is 11.1 Å². The van der Waals surface area contributed by atoms with Crippen LogP contribution >= 0.6 is 46.2 Å². The highest BCUT2D eigenvalue weighted by atomic mass is 32.2. The predicted octanol–water partition coefficient (Wildman–Crippen LogP) is 1.83. The minimum absolute atomic E-state index is 0.00303. The first-order valence-electron chi connectivity index (χ1n) is 9.26. The van der Waals surface area contributed by atoms with E-state index >= 15 is 0 Å². The number of nitrogens with zero attached hydrogens (tertiary/aromatic N) is 3. The van der Waals surface area contributed by atoms with Crippen LogP contribution in [-0.2, 0) is 14.4 Å². The van der Waals surface area contributed by atoms with Gasteiger partial charge in [-0.2, -0.15) is 0 Å². The maximum atomic E-state index is 12.7. The minimum atomic E-state index is -1.15. The smallest absolute Gasteiger partial charge is 0.352 e. The van der Waals surface area contributed by atoms with Crippen LogP contribution in [0.1, 0.15) is 22.3 Å². The second kappa shape index (κ2) is 9.28. The number of hydrogen-bond donors (Lipinski definition) is 3. The number of aromatic nitrogens is 2. The Morgan fingerprint density at radius 1 is 1.45 bits per heavy atom. The van der Waals surface area contributed by atoms with Crippen LogP contribution in [0.2, 0.25) is 0 Å². The first kappa shape index (κ1) is 22.3. The van der Waals surface area contributed by atoms with Crippen molar-refractivity contribution in [1.82, 2.24) is 20.4 Å². The summed E-state index contributed by atoms with van der Waals surface area (Å²) in [6.07, 6.45) is 0.0620. The van der Waals surface area contributed by atoms with E-state index in [0.29, 0.717) is 17.1 Å². The quantitative estimate of drug-likeness (QED) is 0.368. The van der Waals surface area contributed by atoms with Crippen molar-refractivity contribution in [3.05, 3.63) is 38.7 Å². The van der Waals surface area contributed by atoms with Gasteiger partial charge in [0.1, 0.15) is 22.1 Å². The first-order valence-corrected chi connectivity index (χ1v) is 13.0. The molecule has 164 valence electrons. The van der Waals surface area contributed by atoms with Crippen LogP contribution in [0.3, 0.4) is 0 Å². The van der Waals surface area contributed by atoms with Gasteiger partial charge in [-0.3, -0.25) is 14.5 Å². The molecule has 2 unspecified atom stereocenters. The summed E-state index contributed by atoms with van der Waals surface area (Å²) in [7, 11) is 0. The number of carboxylic acids is 1. The zero-order valence-electron chi connectivity index (χ0n) is 16.3. The zero-order chi connectivity index (χ0) is 22.1. The van der Waals surface area contributed by atoms with Crippen molar-refractivity contribution < 1.29 is 19.5 Å². The second-order valence-corrected chi connectivity index (χ2v) is 11.4. The van der Waals surface area contributed by atoms with Gasteiger partial charge in [-0.05, 0) is 23.9 Å². The van der Waals surface area contributed by atoms with Gasteiger partial charge in [0.2, 0.25) is 5.91 Å². The number of aliphatic carboxylic acids is 1. The molecule has 1 saturated heterocycles. The summed E-state index contributed by atoms with van der Waals surface area (Å²) in [6, 6.07) is 2.54. The molecule has 0 radical (unpaired) electrons. The highest BCUT2D eigenvalue weighted by molar-refractivity contribution is 8.01. The van der Waals surface area contributed by atoms with Crippen LogP contribution in [-0.4, -0.2) is 60.9 Å². The molecule has 2 amide bonds. The van der Waals surface area contributed by atoms with Crippen LogP contribution in [0.4, 0.5) is 0 Å². The van der Waals surface area contributed by atoms with Crippen LogP contribution in [0.25, 0.3) is 0 Å². The molecule has 3 atom stereocenters. The molecule has 1 fully saturated rings.